The van der Waals surface area contributed by atoms with Crippen molar-refractivity contribution in [3.05, 3.63) is 0 Å². The Kier molecular flexibility index (Phi) is 13.7. The fourth-order valence-electron chi connectivity index (χ4n) is 2.82. The summed E-state index contributed by atoms with van der Waals surface area (Å²) in [5.74, 6) is -0.0797. The monoisotopic (exact) mass is 312 g/mol. The van der Waals surface area contributed by atoms with Crippen LogP contribution in [-0.2, 0) is 9.53 Å². The van der Waals surface area contributed by atoms with Gasteiger partial charge in [-0.05, 0) is 26.7 Å². The number of carbonyl (C=O) groups is 1. The zero-order valence-electron chi connectivity index (χ0n) is 15.7. The molecule has 0 saturated carbocycles. The summed E-state index contributed by atoms with van der Waals surface area (Å²) in [6.45, 7) is 8.18. The lowest BCUT2D eigenvalue weighted by Crippen LogP contribution is -2.27. The summed E-state index contributed by atoms with van der Waals surface area (Å²) in [5, 5.41) is 0. The topological polar surface area (TPSA) is 26.3 Å². The molecular formula is C20H40O2. The molecule has 2 heteroatoms. The molecule has 0 N–H and O–H groups in total. The Bertz CT molecular complexity index is 258. The molecule has 0 rings (SSSR count). The van der Waals surface area contributed by atoms with E-state index in [1.54, 1.807) is 0 Å². The Hall–Kier alpha value is -0.530. The highest BCUT2D eigenvalue weighted by Gasteiger charge is 2.21. The first kappa shape index (κ1) is 21.5. The number of carbonyl (C=O) groups excluding carboxylic acids is 1. The first-order valence-electron chi connectivity index (χ1n) is 9.73. The first-order valence-corrected chi connectivity index (χ1v) is 9.73. The summed E-state index contributed by atoms with van der Waals surface area (Å²) in [4.78, 5) is 11.3. The van der Waals surface area contributed by atoms with Crippen molar-refractivity contribution in [2.45, 2.75) is 123 Å². The Balaban J connectivity index is 3.31. The van der Waals surface area contributed by atoms with Gasteiger partial charge in [0, 0.05) is 6.42 Å². The van der Waals surface area contributed by atoms with Crippen LogP contribution in [0.1, 0.15) is 118 Å². The summed E-state index contributed by atoms with van der Waals surface area (Å²) in [7, 11) is 0. The highest BCUT2D eigenvalue weighted by atomic mass is 16.6. The van der Waals surface area contributed by atoms with Crippen LogP contribution in [0.4, 0.5) is 0 Å². The van der Waals surface area contributed by atoms with Gasteiger partial charge in [0.25, 0.3) is 0 Å². The summed E-state index contributed by atoms with van der Waals surface area (Å²) in [6, 6.07) is 0. The van der Waals surface area contributed by atoms with Crippen molar-refractivity contribution in [3.63, 3.8) is 0 Å². The molecule has 0 amide bonds. The standard InChI is InChI=1S/C20H40O2/c1-5-7-8-9-10-11-12-13-14-15-16-17-18-20(3,4)22-19(21)6-2/h5-18H2,1-4H3. The third-order valence-electron chi connectivity index (χ3n) is 4.31. The molecule has 2 nitrogen and oxygen atoms in total. The number of unbranched alkanes of at least 4 members (excludes halogenated alkanes) is 11. The molecule has 0 aromatic carbocycles. The number of rotatable bonds is 15. The molecule has 0 aliphatic heterocycles. The largest absolute Gasteiger partial charge is 0.460 e. The number of hydrogen-bond donors (Lipinski definition) is 0. The van der Waals surface area contributed by atoms with E-state index < -0.39 is 0 Å². The van der Waals surface area contributed by atoms with Crippen LogP contribution < -0.4 is 0 Å². The lowest BCUT2D eigenvalue weighted by Gasteiger charge is -2.24. The van der Waals surface area contributed by atoms with Gasteiger partial charge in [0.2, 0.25) is 0 Å². The van der Waals surface area contributed by atoms with Crippen LogP contribution in [0.3, 0.4) is 0 Å². The Labute approximate surface area is 139 Å². The van der Waals surface area contributed by atoms with Crippen molar-refractivity contribution in [1.82, 2.24) is 0 Å². The third-order valence-corrected chi connectivity index (χ3v) is 4.31. The Morgan fingerprint density at radius 2 is 1.14 bits per heavy atom. The fraction of sp³-hybridized carbons (Fsp3) is 0.950. The molecule has 0 saturated heterocycles. The molecule has 0 bridgehead atoms. The molecular weight excluding hydrogens is 272 g/mol. The van der Waals surface area contributed by atoms with E-state index in [0.717, 1.165) is 6.42 Å². The maximum absolute atomic E-state index is 11.3. The van der Waals surface area contributed by atoms with E-state index in [0.29, 0.717) is 6.42 Å². The summed E-state index contributed by atoms with van der Waals surface area (Å²) >= 11 is 0. The van der Waals surface area contributed by atoms with Gasteiger partial charge < -0.3 is 4.74 Å². The van der Waals surface area contributed by atoms with Gasteiger partial charge in [-0.25, -0.2) is 0 Å². The second-order valence-corrected chi connectivity index (χ2v) is 7.23. The highest BCUT2D eigenvalue weighted by Crippen LogP contribution is 2.20. The maximum atomic E-state index is 11.3. The van der Waals surface area contributed by atoms with Gasteiger partial charge in [-0.1, -0.05) is 84.5 Å². The number of hydrogen-bond acceptors (Lipinski definition) is 2. The minimum atomic E-state index is -0.286. The Morgan fingerprint density at radius 1 is 0.727 bits per heavy atom. The molecule has 0 radical (unpaired) electrons. The quantitative estimate of drug-likeness (QED) is 0.245. The van der Waals surface area contributed by atoms with Crippen molar-refractivity contribution in [2.75, 3.05) is 0 Å². The summed E-state index contributed by atoms with van der Waals surface area (Å²) in [6.07, 6.45) is 17.8. The smallest absolute Gasteiger partial charge is 0.306 e. The van der Waals surface area contributed by atoms with E-state index in [1.807, 2.05) is 20.8 Å². The van der Waals surface area contributed by atoms with Gasteiger partial charge >= 0.3 is 5.97 Å². The second kappa shape index (κ2) is 14.1. The van der Waals surface area contributed by atoms with E-state index in [1.165, 1.54) is 77.0 Å². The molecule has 0 aliphatic carbocycles. The minimum Gasteiger partial charge on any atom is -0.460 e. The summed E-state index contributed by atoms with van der Waals surface area (Å²) < 4.78 is 5.45. The van der Waals surface area contributed by atoms with Gasteiger partial charge in [-0.2, -0.15) is 0 Å². The lowest BCUT2D eigenvalue weighted by molar-refractivity contribution is -0.156. The van der Waals surface area contributed by atoms with E-state index in [2.05, 4.69) is 6.92 Å². The fourth-order valence-corrected chi connectivity index (χ4v) is 2.82. The normalized spacial score (nSPS) is 11.6. The van der Waals surface area contributed by atoms with Crippen LogP contribution in [0.25, 0.3) is 0 Å². The SMILES string of the molecule is CCCCCCCCCCCCCCC(C)(C)OC(=O)CC. The predicted octanol–water partition coefficient (Wildman–Crippen LogP) is 6.81. The molecule has 0 heterocycles. The average Bonchev–Trinajstić information content (AvgIpc) is 2.47. The minimum absolute atomic E-state index is 0.0797. The first-order chi connectivity index (χ1) is 10.5. The molecule has 0 spiro atoms. The van der Waals surface area contributed by atoms with Crippen molar-refractivity contribution in [2.24, 2.45) is 0 Å². The van der Waals surface area contributed by atoms with Crippen molar-refractivity contribution < 1.29 is 9.53 Å². The molecule has 132 valence electrons. The van der Waals surface area contributed by atoms with Gasteiger partial charge in [0.05, 0.1) is 0 Å². The number of ether oxygens (including phenoxy) is 1. The van der Waals surface area contributed by atoms with Gasteiger partial charge in [-0.3, -0.25) is 4.79 Å². The van der Waals surface area contributed by atoms with Gasteiger partial charge in [0.15, 0.2) is 0 Å². The molecule has 0 aliphatic rings. The number of esters is 1. The van der Waals surface area contributed by atoms with E-state index in [9.17, 15) is 4.79 Å². The molecule has 0 unspecified atom stereocenters. The van der Waals surface area contributed by atoms with Crippen LogP contribution in [0.2, 0.25) is 0 Å². The highest BCUT2D eigenvalue weighted by molar-refractivity contribution is 5.69. The van der Waals surface area contributed by atoms with Gasteiger partial charge in [-0.15, -0.1) is 0 Å². The van der Waals surface area contributed by atoms with Crippen molar-refractivity contribution in [1.29, 1.82) is 0 Å². The maximum Gasteiger partial charge on any atom is 0.306 e. The summed E-state index contributed by atoms with van der Waals surface area (Å²) in [5.41, 5.74) is -0.286. The third kappa shape index (κ3) is 14.4. The Morgan fingerprint density at radius 3 is 1.55 bits per heavy atom. The van der Waals surface area contributed by atoms with Crippen LogP contribution in [0, 0.1) is 0 Å². The van der Waals surface area contributed by atoms with Crippen molar-refractivity contribution >= 4 is 5.97 Å². The van der Waals surface area contributed by atoms with Crippen LogP contribution in [0.5, 0.6) is 0 Å². The molecule has 0 fully saturated rings. The molecule has 0 aromatic heterocycles. The van der Waals surface area contributed by atoms with Crippen LogP contribution in [-0.4, -0.2) is 11.6 Å². The average molecular weight is 313 g/mol. The van der Waals surface area contributed by atoms with E-state index in [-0.39, 0.29) is 11.6 Å². The van der Waals surface area contributed by atoms with E-state index >= 15 is 0 Å². The molecule has 0 atom stereocenters. The molecule has 22 heavy (non-hydrogen) atoms. The predicted molar refractivity (Wildman–Crippen MR) is 96.2 cm³/mol. The zero-order valence-corrected chi connectivity index (χ0v) is 15.7. The van der Waals surface area contributed by atoms with Crippen molar-refractivity contribution in [3.8, 4) is 0 Å². The van der Waals surface area contributed by atoms with E-state index in [4.69, 9.17) is 4.74 Å². The second-order valence-electron chi connectivity index (χ2n) is 7.23. The van der Waals surface area contributed by atoms with Gasteiger partial charge in [0.1, 0.15) is 5.60 Å². The van der Waals surface area contributed by atoms with Crippen LogP contribution in [0.15, 0.2) is 0 Å². The lowest BCUT2D eigenvalue weighted by atomic mass is 9.99. The van der Waals surface area contributed by atoms with Crippen LogP contribution >= 0.6 is 0 Å². The zero-order chi connectivity index (χ0) is 16.7. The molecule has 0 aromatic rings.